The van der Waals surface area contributed by atoms with Gasteiger partial charge in [0.05, 0.1) is 16.6 Å². The van der Waals surface area contributed by atoms with Crippen LogP contribution in [0, 0.1) is 0 Å². The number of rotatable bonds is 5. The Labute approximate surface area is 208 Å². The fraction of sp³-hybridized carbons (Fsp3) is 0.462. The van der Waals surface area contributed by atoms with E-state index in [-0.39, 0.29) is 22.0 Å². The maximum Gasteiger partial charge on any atom is 0.269 e. The fourth-order valence-corrected chi connectivity index (χ4v) is 7.46. The molecular weight excluding hydrogens is 476 g/mol. The number of aromatic nitrogens is 4. The van der Waals surface area contributed by atoms with Crippen LogP contribution in [0.15, 0.2) is 53.7 Å². The average Bonchev–Trinajstić information content (AvgIpc) is 3.43. The highest BCUT2D eigenvalue weighted by Crippen LogP contribution is 2.41. The number of imidazole rings is 1. The summed E-state index contributed by atoms with van der Waals surface area (Å²) in [4.78, 5) is 13.2. The first-order valence-electron chi connectivity index (χ1n) is 12.3. The molecule has 2 unspecified atom stereocenters. The third kappa shape index (κ3) is 4.34. The molecule has 7 nitrogen and oxygen atoms in total. The van der Waals surface area contributed by atoms with E-state index in [0.717, 1.165) is 47.9 Å². The number of aromatic amines is 1. The van der Waals surface area contributed by atoms with Gasteiger partial charge in [0, 0.05) is 23.6 Å². The van der Waals surface area contributed by atoms with Gasteiger partial charge in [0.25, 0.3) is 10.0 Å². The molecule has 1 aliphatic rings. The number of pyridine rings is 1. The predicted molar refractivity (Wildman–Crippen MR) is 142 cm³/mol. The van der Waals surface area contributed by atoms with E-state index in [4.69, 9.17) is 9.41 Å². The first kappa shape index (κ1) is 24.2. The Morgan fingerprint density at radius 2 is 1.86 bits per heavy atom. The van der Waals surface area contributed by atoms with Crippen LogP contribution in [0.2, 0.25) is 18.1 Å². The van der Waals surface area contributed by atoms with Gasteiger partial charge in [-0.3, -0.25) is 0 Å². The van der Waals surface area contributed by atoms with Crippen molar-refractivity contribution >= 4 is 40.4 Å². The van der Waals surface area contributed by atoms with E-state index in [2.05, 4.69) is 43.8 Å². The maximum absolute atomic E-state index is 13.2. The minimum atomic E-state index is -3.74. The molecule has 0 spiro atoms. The summed E-state index contributed by atoms with van der Waals surface area (Å²) in [6, 6.07) is 10.2. The van der Waals surface area contributed by atoms with Crippen LogP contribution in [0.3, 0.4) is 0 Å². The summed E-state index contributed by atoms with van der Waals surface area (Å²) in [6.07, 6.45) is 7.73. The van der Waals surface area contributed by atoms with Gasteiger partial charge in [-0.25, -0.2) is 22.4 Å². The lowest BCUT2D eigenvalue weighted by Gasteiger charge is -2.41. The monoisotopic (exact) mass is 510 g/mol. The van der Waals surface area contributed by atoms with Crippen molar-refractivity contribution in [3.63, 3.8) is 0 Å². The number of H-pyrrole nitrogens is 1. The topological polar surface area (TPSA) is 89.9 Å². The summed E-state index contributed by atoms with van der Waals surface area (Å²) in [7, 11) is -5.57. The Morgan fingerprint density at radius 3 is 2.57 bits per heavy atom. The minimum Gasteiger partial charge on any atom is -0.414 e. The van der Waals surface area contributed by atoms with E-state index < -0.39 is 18.3 Å². The molecule has 3 aromatic heterocycles. The van der Waals surface area contributed by atoms with Gasteiger partial charge < -0.3 is 9.41 Å². The minimum absolute atomic E-state index is 0.184. The lowest BCUT2D eigenvalue weighted by Crippen LogP contribution is -2.44. The molecule has 3 heterocycles. The van der Waals surface area contributed by atoms with Crippen molar-refractivity contribution in [1.82, 2.24) is 18.9 Å². The third-order valence-electron chi connectivity index (χ3n) is 7.73. The highest BCUT2D eigenvalue weighted by atomic mass is 32.2. The molecule has 0 bridgehead atoms. The van der Waals surface area contributed by atoms with Crippen molar-refractivity contribution in [1.29, 1.82) is 0 Å². The number of nitrogens with zero attached hydrogens (tertiary/aromatic N) is 3. The number of nitrogens with one attached hydrogen (secondary N) is 1. The molecule has 5 rings (SSSR count). The Hall–Kier alpha value is -2.49. The summed E-state index contributed by atoms with van der Waals surface area (Å²) in [5.41, 5.74) is 1.98. The highest BCUT2D eigenvalue weighted by molar-refractivity contribution is 7.90. The van der Waals surface area contributed by atoms with Crippen molar-refractivity contribution in [2.24, 2.45) is 0 Å². The lowest BCUT2D eigenvalue weighted by molar-refractivity contribution is 0.126. The Morgan fingerprint density at radius 1 is 1.11 bits per heavy atom. The zero-order valence-electron chi connectivity index (χ0n) is 21.1. The van der Waals surface area contributed by atoms with Crippen LogP contribution in [-0.2, 0) is 14.4 Å². The van der Waals surface area contributed by atoms with Gasteiger partial charge in [-0.05, 0) is 55.6 Å². The van der Waals surface area contributed by atoms with Crippen LogP contribution < -0.4 is 0 Å². The van der Waals surface area contributed by atoms with Crippen LogP contribution in [-0.4, -0.2) is 41.8 Å². The maximum atomic E-state index is 13.2. The van der Waals surface area contributed by atoms with Gasteiger partial charge in [0.1, 0.15) is 11.3 Å². The van der Waals surface area contributed by atoms with Crippen molar-refractivity contribution < 1.29 is 12.8 Å². The van der Waals surface area contributed by atoms with Gasteiger partial charge in [0.15, 0.2) is 14.0 Å². The second-order valence-corrected chi connectivity index (χ2v) is 17.7. The van der Waals surface area contributed by atoms with Crippen LogP contribution in [0.4, 0.5) is 0 Å². The summed E-state index contributed by atoms with van der Waals surface area (Å²) >= 11 is 0. The van der Waals surface area contributed by atoms with Gasteiger partial charge in [0.2, 0.25) is 0 Å². The standard InChI is InChI=1S/C26H34N4O3SSi/c1-26(2,3)35(4,5)33-19-11-9-10-18(16-19)24-28-22-17-27-25-21(23(22)29-24)14-15-30(25)34(31,32)20-12-7-6-8-13-20/h6-8,12-15,17-19H,9-11,16H2,1-5H3,(H,28,29). The van der Waals surface area contributed by atoms with Gasteiger partial charge in [-0.1, -0.05) is 45.4 Å². The second-order valence-electron chi connectivity index (χ2n) is 11.2. The third-order valence-corrected chi connectivity index (χ3v) is 13.9. The highest BCUT2D eigenvalue weighted by Gasteiger charge is 2.40. The molecule has 1 saturated carbocycles. The smallest absolute Gasteiger partial charge is 0.269 e. The molecule has 1 N–H and O–H groups in total. The molecule has 2 atom stereocenters. The van der Waals surface area contributed by atoms with E-state index in [1.54, 1.807) is 48.8 Å². The molecule has 1 aromatic carbocycles. The molecule has 35 heavy (non-hydrogen) atoms. The lowest BCUT2D eigenvalue weighted by atomic mass is 9.87. The van der Waals surface area contributed by atoms with E-state index in [1.807, 2.05) is 0 Å². The summed E-state index contributed by atoms with van der Waals surface area (Å²) in [6.45, 7) is 11.5. The molecule has 0 aliphatic heterocycles. The van der Waals surface area contributed by atoms with Gasteiger partial charge in [-0.15, -0.1) is 0 Å². The molecule has 0 saturated heterocycles. The molecule has 0 amide bonds. The Bertz CT molecular complexity index is 1470. The van der Waals surface area contributed by atoms with Gasteiger partial charge >= 0.3 is 0 Å². The number of benzene rings is 1. The SMILES string of the molecule is CC(C)(C)[Si](C)(C)OC1CCCC(c2nc3c(cnc4c3ccn4S(=O)(=O)c3ccccc3)[nH]2)C1. The molecule has 186 valence electrons. The normalized spacial score (nSPS) is 20.0. The van der Waals surface area contributed by atoms with Crippen molar-refractivity contribution in [3.8, 4) is 0 Å². The van der Waals surface area contributed by atoms with E-state index >= 15 is 0 Å². The predicted octanol–water partition coefficient (Wildman–Crippen LogP) is 6.20. The zero-order chi connectivity index (χ0) is 25.0. The fourth-order valence-electron chi connectivity index (χ4n) is 4.73. The Balaban J connectivity index is 1.46. The first-order chi connectivity index (χ1) is 16.5. The van der Waals surface area contributed by atoms with Crippen LogP contribution in [0.25, 0.3) is 22.1 Å². The largest absolute Gasteiger partial charge is 0.414 e. The van der Waals surface area contributed by atoms with E-state index in [1.165, 1.54) is 3.97 Å². The van der Waals surface area contributed by atoms with Crippen molar-refractivity contribution in [2.75, 3.05) is 0 Å². The van der Waals surface area contributed by atoms with Crippen LogP contribution in [0.5, 0.6) is 0 Å². The molecule has 0 radical (unpaired) electrons. The summed E-state index contributed by atoms with van der Waals surface area (Å²) in [5, 5.41) is 0.915. The average molecular weight is 511 g/mol. The number of fused-ring (bicyclic) bond motifs is 3. The van der Waals surface area contributed by atoms with E-state index in [9.17, 15) is 8.42 Å². The molecule has 9 heteroatoms. The van der Waals surface area contributed by atoms with Crippen molar-refractivity contribution in [3.05, 3.63) is 54.6 Å². The number of hydrogen-bond donors (Lipinski definition) is 1. The summed E-state index contributed by atoms with van der Waals surface area (Å²) in [5.74, 6) is 1.23. The quantitative estimate of drug-likeness (QED) is 0.323. The van der Waals surface area contributed by atoms with Crippen molar-refractivity contribution in [2.45, 2.75) is 81.5 Å². The van der Waals surface area contributed by atoms with Crippen LogP contribution in [0.1, 0.15) is 58.2 Å². The number of hydrogen-bond acceptors (Lipinski definition) is 5. The van der Waals surface area contributed by atoms with E-state index in [0.29, 0.717) is 5.65 Å². The molecule has 1 aliphatic carbocycles. The molecular formula is C26H34N4O3SSi. The van der Waals surface area contributed by atoms with Crippen LogP contribution >= 0.6 is 0 Å². The second kappa shape index (κ2) is 8.57. The molecule has 1 fully saturated rings. The Kier molecular flexibility index (Phi) is 5.93. The molecule has 4 aromatic rings. The first-order valence-corrected chi connectivity index (χ1v) is 16.7. The van der Waals surface area contributed by atoms with Gasteiger partial charge in [-0.2, -0.15) is 0 Å². The zero-order valence-corrected chi connectivity index (χ0v) is 22.9. The summed E-state index contributed by atoms with van der Waals surface area (Å²) < 4.78 is 34.4.